The molecule has 9 nitrogen and oxygen atoms in total. The van der Waals surface area contributed by atoms with Gasteiger partial charge in [-0.25, -0.2) is 4.98 Å². The summed E-state index contributed by atoms with van der Waals surface area (Å²) < 4.78 is 2.24. The first-order chi connectivity index (χ1) is 16.3. The maximum Gasteiger partial charge on any atom is 0.226 e. The summed E-state index contributed by atoms with van der Waals surface area (Å²) in [6.07, 6.45) is 8.83. The smallest absolute Gasteiger partial charge is 0.226 e. The average molecular weight is 450 g/mol. The van der Waals surface area contributed by atoms with Crippen LogP contribution in [0.25, 0.3) is 11.2 Å². The first kappa shape index (κ1) is 21.9. The number of piperazine rings is 1. The Hall–Kier alpha value is -2.91. The molecule has 1 aliphatic carbocycles. The molecule has 3 aromatic rings. The van der Waals surface area contributed by atoms with Gasteiger partial charge in [0.2, 0.25) is 5.95 Å². The van der Waals surface area contributed by atoms with Crippen LogP contribution in [-0.4, -0.2) is 58.8 Å². The molecule has 1 saturated heterocycles. The fourth-order valence-electron chi connectivity index (χ4n) is 4.82. The predicted octanol–water partition coefficient (Wildman–Crippen LogP) is 3.25. The predicted molar refractivity (Wildman–Crippen MR) is 134 cm³/mol. The van der Waals surface area contributed by atoms with Gasteiger partial charge in [-0.05, 0) is 56.5 Å². The first-order valence-electron chi connectivity index (χ1n) is 12.3. The second kappa shape index (κ2) is 10.4. The van der Waals surface area contributed by atoms with E-state index >= 15 is 0 Å². The van der Waals surface area contributed by atoms with Gasteiger partial charge in [0.25, 0.3) is 0 Å². The summed E-state index contributed by atoms with van der Waals surface area (Å²) in [5.74, 6) is 1.38. The van der Waals surface area contributed by atoms with Crippen molar-refractivity contribution in [2.24, 2.45) is 5.73 Å². The molecule has 1 aromatic carbocycles. The molecule has 2 aromatic heterocycles. The zero-order valence-electron chi connectivity index (χ0n) is 19.3. The largest absolute Gasteiger partial charge is 0.369 e. The maximum absolute atomic E-state index is 5.64. The van der Waals surface area contributed by atoms with Crippen molar-refractivity contribution < 1.29 is 0 Å². The molecule has 1 aliphatic heterocycles. The molecule has 5 N–H and O–H groups in total. The Morgan fingerprint density at radius 2 is 1.82 bits per heavy atom. The minimum Gasteiger partial charge on any atom is -0.369 e. The summed E-state index contributed by atoms with van der Waals surface area (Å²) in [5.41, 5.74) is 9.61. The summed E-state index contributed by atoms with van der Waals surface area (Å²) in [5, 5.41) is 10.3. The Morgan fingerprint density at radius 1 is 1.03 bits per heavy atom. The van der Waals surface area contributed by atoms with Crippen molar-refractivity contribution in [2.75, 3.05) is 54.8 Å². The van der Waals surface area contributed by atoms with E-state index in [1.165, 1.54) is 31.4 Å². The van der Waals surface area contributed by atoms with Crippen LogP contribution >= 0.6 is 0 Å². The van der Waals surface area contributed by atoms with Crippen molar-refractivity contribution in [1.82, 2.24) is 24.8 Å². The average Bonchev–Trinajstić information content (AvgIpc) is 3.53. The van der Waals surface area contributed by atoms with Crippen LogP contribution in [0.2, 0.25) is 0 Å². The third kappa shape index (κ3) is 5.04. The van der Waals surface area contributed by atoms with Crippen LogP contribution in [0.5, 0.6) is 0 Å². The highest BCUT2D eigenvalue weighted by Crippen LogP contribution is 2.33. The second-order valence-corrected chi connectivity index (χ2v) is 8.99. The van der Waals surface area contributed by atoms with E-state index in [9.17, 15) is 0 Å². The van der Waals surface area contributed by atoms with Crippen molar-refractivity contribution >= 4 is 34.3 Å². The minimum absolute atomic E-state index is 0.473. The van der Waals surface area contributed by atoms with Gasteiger partial charge >= 0.3 is 0 Å². The quantitative estimate of drug-likeness (QED) is 0.369. The number of imidazole rings is 1. The Morgan fingerprint density at radius 3 is 2.58 bits per heavy atom. The number of nitrogens with zero attached hydrogens (tertiary/aromatic N) is 5. The zero-order chi connectivity index (χ0) is 22.5. The molecule has 2 fully saturated rings. The van der Waals surface area contributed by atoms with Crippen molar-refractivity contribution in [3.8, 4) is 0 Å². The molecule has 176 valence electrons. The number of anilines is 4. The van der Waals surface area contributed by atoms with Crippen molar-refractivity contribution in [1.29, 1.82) is 0 Å². The van der Waals surface area contributed by atoms with E-state index < -0.39 is 0 Å². The highest BCUT2D eigenvalue weighted by atomic mass is 15.2. The van der Waals surface area contributed by atoms with E-state index in [0.29, 0.717) is 18.5 Å². The summed E-state index contributed by atoms with van der Waals surface area (Å²) in [4.78, 5) is 16.8. The molecule has 0 bridgehead atoms. The van der Waals surface area contributed by atoms with Gasteiger partial charge in [0.15, 0.2) is 17.0 Å². The molecule has 0 atom stereocenters. The van der Waals surface area contributed by atoms with Crippen LogP contribution in [0.4, 0.5) is 23.1 Å². The maximum atomic E-state index is 5.64. The number of hydrogen-bond acceptors (Lipinski definition) is 8. The van der Waals surface area contributed by atoms with Crippen LogP contribution in [0.3, 0.4) is 0 Å². The van der Waals surface area contributed by atoms with Crippen molar-refractivity contribution in [3.63, 3.8) is 0 Å². The summed E-state index contributed by atoms with van der Waals surface area (Å²) in [6.45, 7) is 5.65. The molecule has 5 rings (SSSR count). The molecule has 0 radical (unpaired) electrons. The molecular formula is C24H35N9. The monoisotopic (exact) mass is 449 g/mol. The highest BCUT2D eigenvalue weighted by molar-refractivity contribution is 5.86. The number of nitrogens with two attached hydrogens (primary N) is 1. The number of hydrogen-bond donors (Lipinski definition) is 4. The van der Waals surface area contributed by atoms with Crippen LogP contribution < -0.4 is 26.6 Å². The molecule has 0 amide bonds. The SMILES string of the molecule is NCCCCNc1nc(Nc2ccc(N3CCNCC3)cc2)c2ncn(C3CCCC3)c2n1. The lowest BCUT2D eigenvalue weighted by atomic mass is 10.2. The minimum atomic E-state index is 0.473. The van der Waals surface area contributed by atoms with Crippen LogP contribution in [0.1, 0.15) is 44.6 Å². The lowest BCUT2D eigenvalue weighted by Gasteiger charge is -2.29. The van der Waals surface area contributed by atoms with E-state index in [2.05, 4.69) is 49.7 Å². The molecule has 3 heterocycles. The van der Waals surface area contributed by atoms with E-state index in [0.717, 1.165) is 68.2 Å². The van der Waals surface area contributed by atoms with Crippen LogP contribution in [-0.2, 0) is 0 Å². The fourth-order valence-corrected chi connectivity index (χ4v) is 4.82. The topological polar surface area (TPSA) is 109 Å². The van der Waals surface area contributed by atoms with Crippen LogP contribution in [0.15, 0.2) is 30.6 Å². The van der Waals surface area contributed by atoms with Gasteiger partial charge < -0.3 is 31.2 Å². The van der Waals surface area contributed by atoms with Gasteiger partial charge in [0.05, 0.1) is 6.33 Å². The molecule has 9 heteroatoms. The Balaban J connectivity index is 1.40. The number of unbranched alkanes of at least 4 members (excludes halogenated alkanes) is 1. The highest BCUT2D eigenvalue weighted by Gasteiger charge is 2.22. The van der Waals surface area contributed by atoms with E-state index in [1.807, 2.05) is 6.33 Å². The number of fused-ring (bicyclic) bond motifs is 1. The van der Waals surface area contributed by atoms with Gasteiger partial charge in [-0.15, -0.1) is 0 Å². The first-order valence-corrected chi connectivity index (χ1v) is 12.3. The van der Waals surface area contributed by atoms with Crippen molar-refractivity contribution in [2.45, 2.75) is 44.6 Å². The molecular weight excluding hydrogens is 414 g/mol. The van der Waals surface area contributed by atoms with Gasteiger partial charge in [0, 0.05) is 50.1 Å². The van der Waals surface area contributed by atoms with E-state index in [1.54, 1.807) is 0 Å². The second-order valence-electron chi connectivity index (χ2n) is 8.99. The molecule has 0 spiro atoms. The summed E-state index contributed by atoms with van der Waals surface area (Å²) >= 11 is 0. The lowest BCUT2D eigenvalue weighted by Crippen LogP contribution is -2.43. The fraction of sp³-hybridized carbons (Fsp3) is 0.542. The van der Waals surface area contributed by atoms with E-state index in [4.69, 9.17) is 20.7 Å². The molecule has 2 aliphatic rings. The summed E-state index contributed by atoms with van der Waals surface area (Å²) in [7, 11) is 0. The molecule has 33 heavy (non-hydrogen) atoms. The van der Waals surface area contributed by atoms with Gasteiger partial charge in [-0.3, -0.25) is 0 Å². The van der Waals surface area contributed by atoms with E-state index in [-0.39, 0.29) is 0 Å². The van der Waals surface area contributed by atoms with Gasteiger partial charge in [0.1, 0.15) is 0 Å². The third-order valence-corrected chi connectivity index (χ3v) is 6.67. The molecule has 0 unspecified atom stereocenters. The lowest BCUT2D eigenvalue weighted by molar-refractivity contribution is 0.529. The number of rotatable bonds is 9. The standard InChI is InChI=1S/C24H35N9/c25-11-3-4-12-27-24-30-22(21-23(31-24)33(17-28-21)20-5-1-2-6-20)29-18-7-9-19(10-8-18)32-15-13-26-14-16-32/h7-10,17,20,26H,1-6,11-16,25H2,(H2,27,29,30,31). The zero-order valence-corrected chi connectivity index (χ0v) is 19.3. The molecule has 1 saturated carbocycles. The number of benzene rings is 1. The van der Waals surface area contributed by atoms with Crippen LogP contribution in [0, 0.1) is 0 Å². The number of nitrogens with one attached hydrogen (secondary N) is 3. The Labute approximate surface area is 195 Å². The Kier molecular flexibility index (Phi) is 6.87. The van der Waals surface area contributed by atoms with Gasteiger partial charge in [-0.1, -0.05) is 12.8 Å². The van der Waals surface area contributed by atoms with Crippen molar-refractivity contribution in [3.05, 3.63) is 30.6 Å². The summed E-state index contributed by atoms with van der Waals surface area (Å²) in [6, 6.07) is 9.06. The normalized spacial score (nSPS) is 17.1. The van der Waals surface area contributed by atoms with Gasteiger partial charge in [-0.2, -0.15) is 9.97 Å². The third-order valence-electron chi connectivity index (χ3n) is 6.67. The number of aromatic nitrogens is 4. The Bertz CT molecular complexity index is 1030.